The van der Waals surface area contributed by atoms with Crippen molar-refractivity contribution in [3.05, 3.63) is 130 Å². The minimum absolute atomic E-state index is 0.115. The van der Waals surface area contributed by atoms with Crippen molar-refractivity contribution < 1.29 is 4.99 Å². The van der Waals surface area contributed by atoms with Crippen molar-refractivity contribution in [1.82, 2.24) is 0 Å². The minimum Gasteiger partial charge on any atom is -0.358 e. The largest absolute Gasteiger partial charge is 0.358 e. The Morgan fingerprint density at radius 1 is 0.732 bits per heavy atom. The smallest absolute Gasteiger partial charge is 0.208 e. The second-order valence-electron chi connectivity index (χ2n) is 12.6. The maximum absolute atomic E-state index is 7.08. The Morgan fingerprint density at radius 3 is 2.17 bits per heavy atom. The van der Waals surface area contributed by atoms with Crippen molar-refractivity contribution in [3.8, 4) is 0 Å². The first-order chi connectivity index (χ1) is 19.7. The molecule has 2 nitrogen and oxygen atoms in total. The number of allylic oxidation sites excluding steroid dienone is 8. The van der Waals surface area contributed by atoms with Crippen molar-refractivity contribution in [1.29, 1.82) is 0 Å². The van der Waals surface area contributed by atoms with Crippen LogP contribution in [0.1, 0.15) is 58.1 Å². The van der Waals surface area contributed by atoms with Crippen LogP contribution in [-0.2, 0) is 10.8 Å². The molecule has 0 saturated heterocycles. The van der Waals surface area contributed by atoms with Crippen LogP contribution in [0.5, 0.6) is 0 Å². The number of hydrogen-bond donors (Lipinski definition) is 2. The van der Waals surface area contributed by atoms with Crippen LogP contribution in [0.3, 0.4) is 0 Å². The quantitative estimate of drug-likeness (QED) is 0.259. The standard InChI is InChI=1S/C38H35ClN2/c1-37(2)32(40-30-20-16-24-10-5-7-14-28(24)34(30)37)22-18-26-12-9-13-27(36(26)39)19-23-33-38(3,4)35-29-15-8-6-11-25(29)17-21-31(35)41-33/h5-8,10-11,14-23,40H,9,12-13H2,1-4H3/p+1/b23-19+,26-18+,32-22+. The van der Waals surface area contributed by atoms with E-state index in [9.17, 15) is 0 Å². The van der Waals surface area contributed by atoms with E-state index in [1.54, 1.807) is 0 Å². The predicted octanol–water partition coefficient (Wildman–Crippen LogP) is 8.88. The fraction of sp³-hybridized carbons (Fsp3) is 0.237. The first-order valence-corrected chi connectivity index (χ1v) is 15.1. The van der Waals surface area contributed by atoms with Crippen LogP contribution in [-0.4, -0.2) is 5.71 Å². The van der Waals surface area contributed by atoms with E-state index in [4.69, 9.17) is 11.6 Å². The molecule has 0 spiro atoms. The zero-order valence-electron chi connectivity index (χ0n) is 24.2. The molecule has 204 valence electrons. The number of hydrogen-bond acceptors (Lipinski definition) is 1. The van der Waals surface area contributed by atoms with Gasteiger partial charge in [0.15, 0.2) is 5.71 Å². The van der Waals surface area contributed by atoms with Gasteiger partial charge in [0.2, 0.25) is 5.69 Å². The summed E-state index contributed by atoms with van der Waals surface area (Å²) in [4.78, 5) is 3.71. The molecule has 3 aliphatic rings. The second kappa shape index (κ2) is 9.60. The first kappa shape index (κ1) is 26.0. The highest BCUT2D eigenvalue weighted by atomic mass is 35.5. The summed E-state index contributed by atoms with van der Waals surface area (Å²) in [6.07, 6.45) is 12.1. The number of benzene rings is 4. The molecule has 2 N–H and O–H groups in total. The highest BCUT2D eigenvalue weighted by molar-refractivity contribution is 6.32. The van der Waals surface area contributed by atoms with Crippen LogP contribution in [0.4, 0.5) is 11.4 Å². The molecule has 4 aromatic carbocycles. The topological polar surface area (TPSA) is 26.0 Å². The second-order valence-corrected chi connectivity index (χ2v) is 13.0. The zero-order chi connectivity index (χ0) is 28.4. The van der Waals surface area contributed by atoms with E-state index in [0.29, 0.717) is 0 Å². The van der Waals surface area contributed by atoms with E-state index in [0.717, 1.165) is 24.3 Å². The molecule has 2 heterocycles. The summed E-state index contributed by atoms with van der Waals surface area (Å²) in [6, 6.07) is 26.2. The lowest BCUT2D eigenvalue weighted by Crippen LogP contribution is -2.65. The number of nitrogens with one attached hydrogen (secondary N) is 2. The average Bonchev–Trinajstić information content (AvgIpc) is 3.39. The third-order valence-corrected chi connectivity index (χ3v) is 9.84. The first-order valence-electron chi connectivity index (χ1n) is 14.7. The molecule has 2 aliphatic heterocycles. The van der Waals surface area contributed by atoms with Crippen molar-refractivity contribution in [2.45, 2.75) is 57.8 Å². The Hall–Kier alpha value is -3.88. The fourth-order valence-electron chi connectivity index (χ4n) is 7.05. The third kappa shape index (κ3) is 4.19. The monoisotopic (exact) mass is 555 g/mol. The predicted molar refractivity (Wildman–Crippen MR) is 175 cm³/mol. The molecule has 0 radical (unpaired) electrons. The molecule has 1 aliphatic carbocycles. The molecule has 41 heavy (non-hydrogen) atoms. The van der Waals surface area contributed by atoms with Gasteiger partial charge in [0.25, 0.3) is 0 Å². The highest BCUT2D eigenvalue weighted by Gasteiger charge is 2.41. The van der Waals surface area contributed by atoms with Crippen LogP contribution < -0.4 is 10.3 Å². The maximum atomic E-state index is 7.08. The summed E-state index contributed by atoms with van der Waals surface area (Å²) < 4.78 is 0. The molecule has 7 rings (SSSR count). The minimum atomic E-state index is -0.115. The van der Waals surface area contributed by atoms with Gasteiger partial charge in [-0.15, -0.1) is 0 Å². The molecule has 0 saturated carbocycles. The molecule has 0 atom stereocenters. The summed E-state index contributed by atoms with van der Waals surface area (Å²) in [6.45, 7) is 9.24. The lowest BCUT2D eigenvalue weighted by atomic mass is 9.79. The van der Waals surface area contributed by atoms with Gasteiger partial charge in [-0.2, -0.15) is 0 Å². The molecule has 0 aromatic heterocycles. The lowest BCUT2D eigenvalue weighted by Gasteiger charge is -2.22. The van der Waals surface area contributed by atoms with Gasteiger partial charge in [0.1, 0.15) is 0 Å². The van der Waals surface area contributed by atoms with Crippen LogP contribution >= 0.6 is 11.6 Å². The van der Waals surface area contributed by atoms with Crippen molar-refractivity contribution in [2.24, 2.45) is 0 Å². The number of fused-ring (bicyclic) bond motifs is 6. The Balaban J connectivity index is 1.18. The Morgan fingerprint density at radius 2 is 1.41 bits per heavy atom. The van der Waals surface area contributed by atoms with Gasteiger partial charge in [0.05, 0.1) is 5.41 Å². The lowest BCUT2D eigenvalue weighted by molar-refractivity contribution is -0.349. The molecule has 0 unspecified atom stereocenters. The summed E-state index contributed by atoms with van der Waals surface area (Å²) in [5.74, 6) is 0. The van der Waals surface area contributed by atoms with Gasteiger partial charge in [-0.1, -0.05) is 92.2 Å². The van der Waals surface area contributed by atoms with Crippen LogP contribution in [0.15, 0.2) is 119 Å². The Labute approximate surface area is 247 Å². The molecule has 0 amide bonds. The summed E-state index contributed by atoms with van der Waals surface area (Å²) in [7, 11) is 0. The summed E-state index contributed by atoms with van der Waals surface area (Å²) in [5, 5.41) is 9.80. The van der Waals surface area contributed by atoms with Crippen LogP contribution in [0.2, 0.25) is 0 Å². The van der Waals surface area contributed by atoms with Crippen LogP contribution in [0.25, 0.3) is 21.5 Å². The molecular weight excluding hydrogens is 520 g/mol. The van der Waals surface area contributed by atoms with E-state index < -0.39 is 0 Å². The Bertz CT molecular complexity index is 1890. The fourth-order valence-corrected chi connectivity index (χ4v) is 7.36. The highest BCUT2D eigenvalue weighted by Crippen LogP contribution is 2.47. The maximum Gasteiger partial charge on any atom is 0.208 e. The van der Waals surface area contributed by atoms with Gasteiger partial charge in [0, 0.05) is 39.5 Å². The van der Waals surface area contributed by atoms with Gasteiger partial charge in [-0.3, -0.25) is 0 Å². The van der Waals surface area contributed by atoms with E-state index in [-0.39, 0.29) is 10.8 Å². The van der Waals surface area contributed by atoms with Crippen molar-refractivity contribution >= 4 is 50.2 Å². The van der Waals surface area contributed by atoms with Gasteiger partial charge >= 0.3 is 0 Å². The van der Waals surface area contributed by atoms with E-state index in [2.05, 4.69) is 135 Å². The molecule has 0 fully saturated rings. The van der Waals surface area contributed by atoms with Crippen LogP contribution in [0, 0.1) is 0 Å². The Kier molecular flexibility index (Phi) is 6.10. The zero-order valence-corrected chi connectivity index (χ0v) is 25.0. The summed E-state index contributed by atoms with van der Waals surface area (Å²) in [5.41, 5.74) is 9.74. The van der Waals surface area contributed by atoms with E-state index in [1.165, 1.54) is 66.6 Å². The number of halogens is 1. The van der Waals surface area contributed by atoms with E-state index >= 15 is 0 Å². The molecular formula is C38H36ClN2+. The van der Waals surface area contributed by atoms with Crippen molar-refractivity contribution in [2.75, 3.05) is 5.32 Å². The molecule has 4 aromatic rings. The average molecular weight is 556 g/mol. The SMILES string of the molecule is CC1(C)C(/C=C/C2=C(Cl)C(=C/C=C3/Nc4ccc5ccccc5c4C3(C)C)/CCC2)=[NH+]c2ccc3ccccc3c21. The molecule has 0 bridgehead atoms. The number of rotatable bonds is 3. The van der Waals surface area contributed by atoms with Gasteiger partial charge < -0.3 is 5.32 Å². The normalized spacial score (nSPS) is 21.1. The molecule has 3 heteroatoms. The van der Waals surface area contributed by atoms with Gasteiger partial charge in [-0.05, 0) is 89.6 Å². The third-order valence-electron chi connectivity index (χ3n) is 9.35. The van der Waals surface area contributed by atoms with Gasteiger partial charge in [-0.25, -0.2) is 4.99 Å². The summed E-state index contributed by atoms with van der Waals surface area (Å²) >= 11 is 7.08. The number of anilines is 1. The van der Waals surface area contributed by atoms with E-state index in [1.807, 2.05) is 0 Å². The van der Waals surface area contributed by atoms with Crippen molar-refractivity contribution in [3.63, 3.8) is 0 Å².